The smallest absolute Gasteiger partial charge is 0.261 e. The minimum absolute atomic E-state index is 0.00669. The molecule has 4 rings (SSSR count). The highest BCUT2D eigenvalue weighted by atomic mass is 35.5. The number of rotatable bonds is 5. The summed E-state index contributed by atoms with van der Waals surface area (Å²) in [4.78, 5) is 26.8. The maximum absolute atomic E-state index is 12.4. The summed E-state index contributed by atoms with van der Waals surface area (Å²) in [6.07, 6.45) is 5.70. The quantitative estimate of drug-likeness (QED) is 0.652. The lowest BCUT2D eigenvalue weighted by molar-refractivity contribution is 0.0799. The standard InChI is InChI=1S/C19H16ClN5O2S/c20-17-8-7-16(28-17)18(26)21-11-14-12-25(23-22-14)15-5-3-13(4-6-15)19(27)24-9-1-2-10-24/h1-8,12H,9-11H2,(H,21,26). The van der Waals surface area contributed by atoms with Crippen LogP contribution >= 0.6 is 22.9 Å². The number of hydrogen-bond donors (Lipinski definition) is 1. The van der Waals surface area contributed by atoms with Gasteiger partial charge >= 0.3 is 0 Å². The van der Waals surface area contributed by atoms with Crippen molar-refractivity contribution in [3.63, 3.8) is 0 Å². The van der Waals surface area contributed by atoms with Crippen LogP contribution in [0, 0.1) is 0 Å². The number of hydrogen-bond acceptors (Lipinski definition) is 5. The monoisotopic (exact) mass is 413 g/mol. The van der Waals surface area contributed by atoms with Crippen LogP contribution in [-0.2, 0) is 6.54 Å². The van der Waals surface area contributed by atoms with Gasteiger partial charge in [-0.25, -0.2) is 4.68 Å². The molecule has 0 radical (unpaired) electrons. The van der Waals surface area contributed by atoms with Crippen LogP contribution in [0.25, 0.3) is 5.69 Å². The molecule has 2 amide bonds. The van der Waals surface area contributed by atoms with Crippen LogP contribution in [0.15, 0.2) is 54.7 Å². The molecular formula is C19H16ClN5O2S. The van der Waals surface area contributed by atoms with Gasteiger partial charge in [-0.1, -0.05) is 29.0 Å². The largest absolute Gasteiger partial charge is 0.346 e. The number of nitrogens with one attached hydrogen (secondary N) is 1. The Morgan fingerprint density at radius 2 is 1.86 bits per heavy atom. The third-order valence-electron chi connectivity index (χ3n) is 4.25. The number of nitrogens with zero attached hydrogens (tertiary/aromatic N) is 4. The summed E-state index contributed by atoms with van der Waals surface area (Å²) in [7, 11) is 0. The minimum Gasteiger partial charge on any atom is -0.346 e. The molecule has 0 aliphatic carbocycles. The molecule has 1 aliphatic heterocycles. The third-order valence-corrected chi connectivity index (χ3v) is 5.48. The van der Waals surface area contributed by atoms with Gasteiger partial charge in [0.15, 0.2) is 0 Å². The van der Waals surface area contributed by atoms with Crippen LogP contribution in [-0.4, -0.2) is 44.8 Å². The van der Waals surface area contributed by atoms with E-state index >= 15 is 0 Å². The summed E-state index contributed by atoms with van der Waals surface area (Å²) in [6.45, 7) is 1.56. The lowest BCUT2D eigenvalue weighted by Gasteiger charge is -2.15. The van der Waals surface area contributed by atoms with Crippen LogP contribution in [0.4, 0.5) is 0 Å². The van der Waals surface area contributed by atoms with E-state index in [1.54, 1.807) is 40.0 Å². The Bertz CT molecular complexity index is 1030. The van der Waals surface area contributed by atoms with Crippen molar-refractivity contribution in [2.75, 3.05) is 13.1 Å². The van der Waals surface area contributed by atoms with Gasteiger partial charge in [-0.15, -0.1) is 16.4 Å². The lowest BCUT2D eigenvalue weighted by Crippen LogP contribution is -2.28. The Hall–Kier alpha value is -2.97. The fourth-order valence-electron chi connectivity index (χ4n) is 2.78. The number of thiophene rings is 1. The lowest BCUT2D eigenvalue weighted by atomic mass is 10.2. The second kappa shape index (κ2) is 7.95. The molecular weight excluding hydrogens is 398 g/mol. The number of aromatic nitrogens is 3. The van der Waals surface area contributed by atoms with Crippen LogP contribution in [0.2, 0.25) is 4.34 Å². The highest BCUT2D eigenvalue weighted by molar-refractivity contribution is 7.17. The molecule has 0 atom stereocenters. The number of amides is 2. The van der Waals surface area contributed by atoms with Crippen LogP contribution in [0.1, 0.15) is 25.7 Å². The Morgan fingerprint density at radius 3 is 2.54 bits per heavy atom. The molecule has 0 saturated heterocycles. The predicted octanol–water partition coefficient (Wildman–Crippen LogP) is 2.92. The van der Waals surface area contributed by atoms with E-state index in [2.05, 4.69) is 15.6 Å². The molecule has 28 heavy (non-hydrogen) atoms. The highest BCUT2D eigenvalue weighted by Crippen LogP contribution is 2.21. The van der Waals surface area contributed by atoms with E-state index in [0.29, 0.717) is 33.6 Å². The molecule has 1 aromatic carbocycles. The maximum atomic E-state index is 12.4. The van der Waals surface area contributed by atoms with Crippen molar-refractivity contribution in [1.82, 2.24) is 25.2 Å². The van der Waals surface area contributed by atoms with E-state index in [-0.39, 0.29) is 18.4 Å². The SMILES string of the molecule is O=C(NCc1cn(-c2ccc(C(=O)N3CC=CC3)cc2)nn1)c1ccc(Cl)s1. The molecule has 0 saturated carbocycles. The molecule has 3 heterocycles. The summed E-state index contributed by atoms with van der Waals surface area (Å²) < 4.78 is 2.17. The molecule has 3 aromatic rings. The van der Waals surface area contributed by atoms with Gasteiger partial charge in [0.1, 0.15) is 5.69 Å². The first kappa shape index (κ1) is 18.4. The molecule has 0 spiro atoms. The first-order valence-corrected chi connectivity index (χ1v) is 9.79. The fourth-order valence-corrected chi connectivity index (χ4v) is 3.74. The summed E-state index contributed by atoms with van der Waals surface area (Å²) in [5, 5.41) is 11.0. The molecule has 0 unspecified atom stereocenters. The van der Waals surface area contributed by atoms with Crippen molar-refractivity contribution in [2.45, 2.75) is 6.54 Å². The van der Waals surface area contributed by atoms with Crippen molar-refractivity contribution < 1.29 is 9.59 Å². The van der Waals surface area contributed by atoms with Gasteiger partial charge in [0, 0.05) is 18.7 Å². The van der Waals surface area contributed by atoms with E-state index in [4.69, 9.17) is 11.6 Å². The van der Waals surface area contributed by atoms with E-state index < -0.39 is 0 Å². The van der Waals surface area contributed by atoms with E-state index in [9.17, 15) is 9.59 Å². The molecule has 0 fully saturated rings. The van der Waals surface area contributed by atoms with Crippen molar-refractivity contribution in [1.29, 1.82) is 0 Å². The second-order valence-electron chi connectivity index (χ2n) is 6.17. The molecule has 7 nitrogen and oxygen atoms in total. The molecule has 142 valence electrons. The zero-order chi connectivity index (χ0) is 19.5. The van der Waals surface area contributed by atoms with Gasteiger partial charge in [0.05, 0.1) is 27.6 Å². The Morgan fingerprint density at radius 1 is 1.11 bits per heavy atom. The van der Waals surface area contributed by atoms with Gasteiger partial charge in [-0.3, -0.25) is 9.59 Å². The van der Waals surface area contributed by atoms with Crippen molar-refractivity contribution in [3.8, 4) is 5.69 Å². The average molecular weight is 414 g/mol. The van der Waals surface area contributed by atoms with Gasteiger partial charge in [0.25, 0.3) is 11.8 Å². The number of carbonyl (C=O) groups is 2. The zero-order valence-corrected chi connectivity index (χ0v) is 16.3. The van der Waals surface area contributed by atoms with E-state index in [1.807, 2.05) is 24.3 Å². The summed E-state index contributed by atoms with van der Waals surface area (Å²) in [5.74, 6) is -0.196. The first-order valence-electron chi connectivity index (χ1n) is 8.59. The first-order chi connectivity index (χ1) is 13.6. The van der Waals surface area contributed by atoms with Crippen molar-refractivity contribution in [2.24, 2.45) is 0 Å². The molecule has 0 bridgehead atoms. The van der Waals surface area contributed by atoms with Crippen LogP contribution < -0.4 is 5.32 Å². The normalized spacial score (nSPS) is 13.1. The molecule has 1 N–H and O–H groups in total. The van der Waals surface area contributed by atoms with Crippen molar-refractivity contribution >= 4 is 34.8 Å². The molecule has 2 aromatic heterocycles. The fraction of sp³-hybridized carbons (Fsp3) is 0.158. The van der Waals surface area contributed by atoms with Gasteiger partial charge < -0.3 is 10.2 Å². The summed E-state index contributed by atoms with van der Waals surface area (Å²) in [5.41, 5.74) is 2.04. The topological polar surface area (TPSA) is 80.1 Å². The van der Waals surface area contributed by atoms with Crippen molar-refractivity contribution in [3.05, 3.63) is 75.2 Å². The van der Waals surface area contributed by atoms with Gasteiger partial charge in [0.2, 0.25) is 0 Å². The third kappa shape index (κ3) is 3.97. The Labute approximate surface area is 170 Å². The maximum Gasteiger partial charge on any atom is 0.261 e. The van der Waals surface area contributed by atoms with Crippen LogP contribution in [0.3, 0.4) is 0 Å². The second-order valence-corrected chi connectivity index (χ2v) is 7.88. The Balaban J connectivity index is 1.38. The molecule has 1 aliphatic rings. The zero-order valence-electron chi connectivity index (χ0n) is 14.7. The summed E-state index contributed by atoms with van der Waals surface area (Å²) >= 11 is 7.07. The highest BCUT2D eigenvalue weighted by Gasteiger charge is 2.16. The van der Waals surface area contributed by atoms with E-state index in [1.165, 1.54) is 11.3 Å². The minimum atomic E-state index is -0.203. The Kier molecular flexibility index (Phi) is 5.23. The summed E-state index contributed by atoms with van der Waals surface area (Å²) in [6, 6.07) is 10.6. The number of benzene rings is 1. The predicted molar refractivity (Wildman–Crippen MR) is 107 cm³/mol. The average Bonchev–Trinajstić information content (AvgIpc) is 3.47. The number of carbonyl (C=O) groups excluding carboxylic acids is 2. The van der Waals surface area contributed by atoms with Gasteiger partial charge in [-0.05, 0) is 36.4 Å². The molecule has 9 heteroatoms. The number of halogens is 1. The van der Waals surface area contributed by atoms with E-state index in [0.717, 1.165) is 5.69 Å². The van der Waals surface area contributed by atoms with Crippen LogP contribution in [0.5, 0.6) is 0 Å². The van der Waals surface area contributed by atoms with Gasteiger partial charge in [-0.2, -0.15) is 0 Å².